The number of aromatic nitrogens is 20. The van der Waals surface area contributed by atoms with Crippen molar-refractivity contribution in [2.45, 2.75) is 13.1 Å². The molecule has 20 aromatic rings. The SMILES string of the molecule is Cn1nc(-c2ccc(Cl)cc2)c(O)c1-c1nc2ccc(CN)cc2[nH]1.Cn1nc(-c2ccccc2O)c(O)c1-c1nc2ccc(C(N)=O)cc2[nH]1.Cn1nc(-c2ccccc2O)c(O)c1-c1nc2ccc(CN)cc2[nH]1.NC(=O)c1cc2nc(-c3[nH]nc(-c4ccccc4)c3O)[nH]c2cc1F.[C-]#[N+]c1cc2[nH]c(-c3c(OC)c(-c4ccccc4)nn3C)nc2cc1F. The third-order valence-corrected chi connectivity index (χ3v) is 20.8. The number of hydrogen-bond acceptors (Lipinski definition) is 21. The molecule has 0 fully saturated rings. The fraction of sp³-hybridized carbons (Fsp3) is 0.0778. The van der Waals surface area contributed by atoms with Crippen molar-refractivity contribution in [1.29, 1.82) is 0 Å². The normalized spacial score (nSPS) is 11.1. The molecule has 0 saturated carbocycles. The van der Waals surface area contributed by atoms with Gasteiger partial charge in [0.15, 0.2) is 57.9 Å². The lowest BCUT2D eigenvalue weighted by atomic mass is 10.1. The van der Waals surface area contributed by atoms with E-state index in [4.69, 9.17) is 45.8 Å². The number of nitrogens with one attached hydrogen (secondary N) is 6. The van der Waals surface area contributed by atoms with Crippen LogP contribution >= 0.6 is 11.6 Å². The molecular weight excluding hydrogens is 1650 g/mol. The highest BCUT2D eigenvalue weighted by Gasteiger charge is 2.29. The minimum absolute atomic E-state index is 0.0168. The lowest BCUT2D eigenvalue weighted by Crippen LogP contribution is -2.12. The summed E-state index contributed by atoms with van der Waals surface area (Å²) >= 11 is 5.93. The number of rotatable bonds is 15. The molecule has 0 aliphatic rings. The summed E-state index contributed by atoms with van der Waals surface area (Å²) < 4.78 is 39.6. The number of methoxy groups -OCH3 is 1. The maximum atomic E-state index is 13.9. The molecule has 0 spiro atoms. The summed E-state index contributed by atoms with van der Waals surface area (Å²) in [5.74, 6) is -0.0558. The Morgan fingerprint density at radius 3 is 1.34 bits per heavy atom. The van der Waals surface area contributed by atoms with Gasteiger partial charge < -0.3 is 83.2 Å². The number of nitrogens with zero attached hydrogens (tertiary/aromatic N) is 15. The Hall–Kier alpha value is -17.3. The van der Waals surface area contributed by atoms with Crippen molar-refractivity contribution >= 4 is 84.3 Å². The molecule has 0 unspecified atom stereocenters. The Labute approximate surface area is 721 Å². The first-order chi connectivity index (χ1) is 61.3. The number of H-pyrrole nitrogens is 6. The molecule has 127 heavy (non-hydrogen) atoms. The van der Waals surface area contributed by atoms with Crippen molar-refractivity contribution in [3.63, 3.8) is 0 Å². The zero-order valence-electron chi connectivity index (χ0n) is 67.7. The molecule has 0 aliphatic carbocycles. The highest BCUT2D eigenvalue weighted by molar-refractivity contribution is 6.30. The van der Waals surface area contributed by atoms with Gasteiger partial charge in [0.1, 0.15) is 80.1 Å². The number of hydrogen-bond donors (Lipinski definition) is 16. The van der Waals surface area contributed by atoms with Gasteiger partial charge in [0, 0.05) is 85.7 Å². The molecule has 0 radical (unpaired) electrons. The van der Waals surface area contributed by atoms with Gasteiger partial charge in [-0.15, -0.1) is 0 Å². The predicted octanol–water partition coefficient (Wildman–Crippen LogP) is 15.0. The smallest absolute Gasteiger partial charge is 0.251 e. The molecule has 20 rings (SSSR count). The second-order valence-corrected chi connectivity index (χ2v) is 29.1. The van der Waals surface area contributed by atoms with Crippen LogP contribution in [0.4, 0.5) is 14.5 Å². The van der Waals surface area contributed by atoms with Gasteiger partial charge >= 0.3 is 0 Å². The van der Waals surface area contributed by atoms with E-state index >= 15 is 0 Å². The van der Waals surface area contributed by atoms with Crippen LogP contribution in [0, 0.1) is 18.2 Å². The summed E-state index contributed by atoms with van der Waals surface area (Å²) in [5.41, 5.74) is 37.8. The Morgan fingerprint density at radius 2 is 0.843 bits per heavy atom. The number of primary amides is 2. The highest BCUT2D eigenvalue weighted by atomic mass is 35.5. The van der Waals surface area contributed by atoms with E-state index in [1.807, 2.05) is 109 Å². The number of aromatic amines is 6. The van der Waals surface area contributed by atoms with Crippen LogP contribution in [0.5, 0.6) is 40.2 Å². The Balaban J connectivity index is 0.000000117. The number of carbonyl (C=O) groups excluding carboxylic acids is 2. The maximum Gasteiger partial charge on any atom is 0.251 e. The number of nitrogens with two attached hydrogens (primary N) is 4. The molecule has 0 bridgehead atoms. The molecule has 10 heterocycles. The lowest BCUT2D eigenvalue weighted by molar-refractivity contribution is 0.0989. The van der Waals surface area contributed by atoms with Gasteiger partial charge in [0.05, 0.1) is 74.4 Å². The van der Waals surface area contributed by atoms with Crippen molar-refractivity contribution in [3.05, 3.63) is 263 Å². The lowest BCUT2D eigenvalue weighted by Gasteiger charge is -2.03. The fourth-order valence-corrected chi connectivity index (χ4v) is 14.4. The Morgan fingerprint density at radius 1 is 0.433 bits per heavy atom. The van der Waals surface area contributed by atoms with E-state index in [1.54, 1.807) is 122 Å². The summed E-state index contributed by atoms with van der Waals surface area (Å²) in [6.07, 6.45) is 0. The first-order valence-corrected chi connectivity index (χ1v) is 39.0. The van der Waals surface area contributed by atoms with Crippen LogP contribution in [0.25, 0.3) is 174 Å². The third-order valence-electron chi connectivity index (χ3n) is 20.5. The fourth-order valence-electron chi connectivity index (χ4n) is 14.3. The topological polar surface area (TPSA) is 517 Å². The molecule has 10 aromatic carbocycles. The number of fused-ring (bicyclic) bond motifs is 5. The number of carbonyl (C=O) groups is 2. The second-order valence-electron chi connectivity index (χ2n) is 28.7. The quantitative estimate of drug-likeness (QED) is 0.0424. The molecule has 37 heteroatoms. The van der Waals surface area contributed by atoms with Crippen LogP contribution in [0.15, 0.2) is 212 Å². The van der Waals surface area contributed by atoms with Gasteiger partial charge in [-0.3, -0.25) is 33.4 Å². The second kappa shape index (κ2) is 34.7. The number of aryl methyl sites for hydroxylation is 4. The molecule has 634 valence electrons. The van der Waals surface area contributed by atoms with Crippen molar-refractivity contribution in [1.82, 2.24) is 99.2 Å². The molecular formula is C90H74ClF2N25O9. The van der Waals surface area contributed by atoms with E-state index in [0.717, 1.165) is 56.0 Å². The van der Waals surface area contributed by atoms with Crippen LogP contribution in [0.1, 0.15) is 31.8 Å². The molecule has 0 atom stereocenters. The average molecular weight is 1720 g/mol. The third kappa shape index (κ3) is 16.4. The van der Waals surface area contributed by atoms with Crippen LogP contribution in [0.3, 0.4) is 0 Å². The van der Waals surface area contributed by atoms with Gasteiger partial charge in [-0.05, 0) is 108 Å². The first kappa shape index (κ1) is 83.4. The molecule has 0 saturated heterocycles. The van der Waals surface area contributed by atoms with E-state index in [1.165, 1.54) is 28.9 Å². The van der Waals surface area contributed by atoms with E-state index in [-0.39, 0.29) is 63.0 Å². The number of halogens is 3. The molecule has 0 aliphatic heterocycles. The summed E-state index contributed by atoms with van der Waals surface area (Å²) in [4.78, 5) is 63.5. The maximum absolute atomic E-state index is 13.9. The van der Waals surface area contributed by atoms with Crippen LogP contribution < -0.4 is 27.7 Å². The Kier molecular flexibility index (Phi) is 22.8. The standard InChI is InChI=1S/C19H14FN5O.C18H16ClN5O.C18H15N5O3.C18H17N5O2.C17H12FN5O2/c1-21-13-10-15-14(9-12(13)20)22-19(23-15)17-18(26-3)16(24-25(17)2)11-7-5-4-6-8-11;1-24-16(17(25)15(23-24)11-3-5-12(19)6-4-11)18-21-13-7-2-10(9-20)8-14(13)22-18;1-23-15(16(25)14(22-23)10-4-2-3-5-13(10)24)18-20-11-7-6-9(17(19)26)8-12(11)21-18;1-23-16(17(25)15(22-23)11-4-2-3-5-14(11)24)18-20-12-7-6-10(9-19)8-13(12)21-18;18-10-7-12-11(6-9(10)16(19)25)20-17(21-12)14-15(24)13(22-23-14)8-4-2-1-3-5-8/h4-10H,2-3H3,(H,22,23);2-8,25H,9,20H2,1H3,(H,21,22);2-8,24-25H,1H3,(H2,19,26)(H,20,21);2-8,24-25H,9,19H2,1H3,(H,20,21);1-7,24H,(H2,19,25)(H,20,21)(H,22,23). The van der Waals surface area contributed by atoms with E-state index in [2.05, 4.69) is 85.3 Å². The van der Waals surface area contributed by atoms with Gasteiger partial charge in [-0.25, -0.2) is 38.5 Å². The summed E-state index contributed by atoms with van der Waals surface area (Å²) in [7, 11) is 8.53. The van der Waals surface area contributed by atoms with Crippen LogP contribution in [-0.2, 0) is 41.3 Å². The van der Waals surface area contributed by atoms with E-state index in [9.17, 15) is 49.0 Å². The minimum atomic E-state index is -0.875. The van der Waals surface area contributed by atoms with E-state index < -0.39 is 23.4 Å². The van der Waals surface area contributed by atoms with Crippen LogP contribution in [-0.4, -0.2) is 149 Å². The molecule has 34 nitrogen and oxygen atoms in total. The zero-order chi connectivity index (χ0) is 89.3. The first-order valence-electron chi connectivity index (χ1n) is 38.6. The molecule has 20 N–H and O–H groups in total. The Bertz CT molecular complexity index is 7640. The number of amides is 2. The average Bonchev–Trinajstić information content (AvgIpc) is 1.63. The largest absolute Gasteiger partial charge is 0.507 e. The monoisotopic (exact) mass is 1720 g/mol. The number of benzene rings is 10. The number of imidazole rings is 5. The van der Waals surface area contributed by atoms with E-state index in [0.29, 0.717) is 143 Å². The molecule has 2 amide bonds. The number of para-hydroxylation sites is 2. The summed E-state index contributed by atoms with van der Waals surface area (Å²) in [6, 6.07) is 60.9. The van der Waals surface area contributed by atoms with Gasteiger partial charge in [0.25, 0.3) is 5.91 Å². The van der Waals surface area contributed by atoms with Crippen molar-refractivity contribution in [2.24, 2.45) is 51.1 Å². The van der Waals surface area contributed by atoms with Crippen molar-refractivity contribution < 1.29 is 53.7 Å². The molecule has 10 aromatic heterocycles. The zero-order valence-corrected chi connectivity index (χ0v) is 68.4. The minimum Gasteiger partial charge on any atom is -0.507 e. The highest BCUT2D eigenvalue weighted by Crippen LogP contribution is 2.45. The van der Waals surface area contributed by atoms with Gasteiger partial charge in [-0.2, -0.15) is 25.5 Å². The van der Waals surface area contributed by atoms with Crippen molar-refractivity contribution in [3.8, 4) is 154 Å². The van der Waals surface area contributed by atoms with Gasteiger partial charge in [0.2, 0.25) is 11.6 Å². The predicted molar refractivity (Wildman–Crippen MR) is 475 cm³/mol. The summed E-state index contributed by atoms with van der Waals surface area (Å²) in [6.45, 7) is 7.95. The van der Waals surface area contributed by atoms with Crippen molar-refractivity contribution in [2.75, 3.05) is 7.11 Å². The number of aromatic hydroxyl groups is 6. The summed E-state index contributed by atoms with van der Waals surface area (Å²) in [5, 5.41) is 87.7. The number of ether oxygens (including phenoxy) is 1. The van der Waals surface area contributed by atoms with Crippen LogP contribution in [0.2, 0.25) is 5.02 Å². The van der Waals surface area contributed by atoms with Gasteiger partial charge in [-0.1, -0.05) is 121 Å². The number of phenols is 2. The number of phenolic OH excluding ortho intramolecular Hbond substituents is 2.